The van der Waals surface area contributed by atoms with Crippen molar-refractivity contribution in [3.8, 4) is 0 Å². The van der Waals surface area contributed by atoms with E-state index in [0.29, 0.717) is 5.57 Å². The molecule has 1 N–H and O–H groups in total. The molecule has 0 spiro atoms. The summed E-state index contributed by atoms with van der Waals surface area (Å²) in [6.45, 7) is 13.6. The number of nitrogens with one attached hydrogen (secondary N) is 1. The zero-order chi connectivity index (χ0) is 14.9. The van der Waals surface area contributed by atoms with Crippen molar-refractivity contribution in [2.24, 2.45) is 0 Å². The lowest BCUT2D eigenvalue weighted by Crippen LogP contribution is -2.46. The van der Waals surface area contributed by atoms with E-state index < -0.39 is 0 Å². The van der Waals surface area contributed by atoms with Gasteiger partial charge in [-0.05, 0) is 34.1 Å². The third-order valence-electron chi connectivity index (χ3n) is 3.13. The fourth-order valence-electron chi connectivity index (χ4n) is 2.08. The maximum atomic E-state index is 11.4. The van der Waals surface area contributed by atoms with E-state index in [0.717, 1.165) is 6.42 Å². The molecule has 0 bridgehead atoms. The number of ether oxygens (including phenoxy) is 1. The fourth-order valence-corrected chi connectivity index (χ4v) is 2.08. The average Bonchev–Trinajstić information content (AvgIpc) is 2.27. The van der Waals surface area contributed by atoms with Crippen molar-refractivity contribution in [3.05, 3.63) is 12.2 Å². The number of esters is 1. The predicted molar refractivity (Wildman–Crippen MR) is 88.2 cm³/mol. The summed E-state index contributed by atoms with van der Waals surface area (Å²) >= 11 is 0. The summed E-state index contributed by atoms with van der Waals surface area (Å²) in [5.41, 5.74) is 0.423. The monoisotopic (exact) mass is 305 g/mol. The first-order valence-electron chi connectivity index (χ1n) is 7.42. The molecule has 0 aliphatic heterocycles. The molecule has 3 nitrogen and oxygen atoms in total. The molecule has 120 valence electrons. The number of halogens is 1. The molecule has 20 heavy (non-hydrogen) atoms. The van der Waals surface area contributed by atoms with Crippen molar-refractivity contribution in [3.63, 3.8) is 0 Å². The maximum absolute atomic E-state index is 11.4. The number of carbonyl (C=O) groups excluding carboxylic acids is 1. The van der Waals surface area contributed by atoms with Crippen LogP contribution in [0.4, 0.5) is 0 Å². The third-order valence-corrected chi connectivity index (χ3v) is 3.13. The molecule has 0 fully saturated rings. The van der Waals surface area contributed by atoms with Gasteiger partial charge in [-0.15, -0.1) is 12.4 Å². The number of rotatable bonds is 10. The summed E-state index contributed by atoms with van der Waals surface area (Å²) < 4.78 is 5.24. The summed E-state index contributed by atoms with van der Waals surface area (Å²) in [6, 6.07) is 0. The van der Waals surface area contributed by atoms with Crippen LogP contribution in [0.3, 0.4) is 0 Å². The molecule has 0 aliphatic carbocycles. The Morgan fingerprint density at radius 3 is 2.30 bits per heavy atom. The Kier molecular flexibility index (Phi) is 12.1. The molecular weight excluding hydrogens is 274 g/mol. The summed E-state index contributed by atoms with van der Waals surface area (Å²) in [4.78, 5) is 11.4. The summed E-state index contributed by atoms with van der Waals surface area (Å²) in [5, 5.41) is 3.35. The quantitative estimate of drug-likeness (QED) is 0.277. The van der Waals surface area contributed by atoms with Crippen molar-refractivity contribution in [1.29, 1.82) is 0 Å². The summed E-state index contributed by atoms with van der Waals surface area (Å²) in [6.07, 6.45) is 7.20. The molecule has 0 aliphatic rings. The summed E-state index contributed by atoms with van der Waals surface area (Å²) in [5.74, 6) is -0.334. The Labute approximate surface area is 131 Å². The average molecular weight is 306 g/mol. The van der Waals surface area contributed by atoms with Gasteiger partial charge >= 0.3 is 5.97 Å². The first kappa shape index (κ1) is 21.8. The third kappa shape index (κ3) is 11.3. The van der Waals surface area contributed by atoms with Gasteiger partial charge < -0.3 is 4.74 Å². The molecule has 0 saturated heterocycles. The van der Waals surface area contributed by atoms with Gasteiger partial charge in [0.25, 0.3) is 0 Å². The standard InChI is InChI=1S/C16H31NO2.ClH/c1-7-8-9-10-11-12-16(5,6)17-14(4)19-15(18)13(2)3;/h14,17H,2,7-12H2,1,3-6H3;1H. The van der Waals surface area contributed by atoms with Crippen molar-refractivity contribution < 1.29 is 9.53 Å². The molecule has 1 atom stereocenters. The number of carbonyl (C=O) groups is 1. The lowest BCUT2D eigenvalue weighted by Gasteiger charge is -2.30. The van der Waals surface area contributed by atoms with E-state index in [9.17, 15) is 4.79 Å². The minimum absolute atomic E-state index is 0. The van der Waals surface area contributed by atoms with E-state index in [4.69, 9.17) is 4.74 Å². The van der Waals surface area contributed by atoms with Crippen LogP contribution in [-0.4, -0.2) is 17.7 Å². The smallest absolute Gasteiger partial charge is 0.334 e. The zero-order valence-electron chi connectivity index (χ0n) is 13.8. The highest BCUT2D eigenvalue weighted by Crippen LogP contribution is 2.16. The van der Waals surface area contributed by atoms with E-state index in [1.165, 1.54) is 32.1 Å². The Balaban J connectivity index is 0. The minimum atomic E-state index is -0.334. The van der Waals surface area contributed by atoms with Crippen LogP contribution in [0.1, 0.15) is 73.1 Å². The van der Waals surface area contributed by atoms with Crippen LogP contribution < -0.4 is 5.32 Å². The topological polar surface area (TPSA) is 38.3 Å². The lowest BCUT2D eigenvalue weighted by molar-refractivity contribution is -0.145. The van der Waals surface area contributed by atoms with Gasteiger partial charge in [0.2, 0.25) is 0 Å². The summed E-state index contributed by atoms with van der Waals surface area (Å²) in [7, 11) is 0. The normalized spacial score (nSPS) is 12.4. The predicted octanol–water partition coefficient (Wildman–Crippen LogP) is 4.60. The van der Waals surface area contributed by atoms with Crippen LogP contribution in [0.15, 0.2) is 12.2 Å². The Bertz CT molecular complexity index is 290. The number of hydrogen-bond acceptors (Lipinski definition) is 3. The SMILES string of the molecule is C=C(C)C(=O)OC(C)NC(C)(C)CCCCCCC.Cl. The first-order valence-corrected chi connectivity index (χ1v) is 7.42. The van der Waals surface area contributed by atoms with Crippen molar-refractivity contribution >= 4 is 18.4 Å². The molecule has 0 aromatic heterocycles. The molecule has 0 saturated carbocycles. The Morgan fingerprint density at radius 2 is 1.80 bits per heavy atom. The van der Waals surface area contributed by atoms with Crippen molar-refractivity contribution in [1.82, 2.24) is 5.32 Å². The Hall–Kier alpha value is -0.540. The van der Waals surface area contributed by atoms with Gasteiger partial charge in [-0.25, -0.2) is 4.79 Å². The van der Waals surface area contributed by atoms with Crippen molar-refractivity contribution in [2.45, 2.75) is 84.9 Å². The minimum Gasteiger partial charge on any atom is -0.444 e. The molecule has 0 rings (SSSR count). The van der Waals surface area contributed by atoms with Crippen LogP contribution >= 0.6 is 12.4 Å². The largest absolute Gasteiger partial charge is 0.444 e. The van der Waals surface area contributed by atoms with Gasteiger partial charge in [0.1, 0.15) is 0 Å². The number of unbranched alkanes of at least 4 members (excludes halogenated alkanes) is 4. The molecule has 0 radical (unpaired) electrons. The molecule has 0 aromatic carbocycles. The maximum Gasteiger partial charge on any atom is 0.334 e. The van der Waals surface area contributed by atoms with Gasteiger partial charge in [0.15, 0.2) is 6.23 Å². The lowest BCUT2D eigenvalue weighted by atomic mass is 9.96. The first-order chi connectivity index (χ1) is 8.78. The fraction of sp³-hybridized carbons (Fsp3) is 0.812. The molecule has 0 heterocycles. The van der Waals surface area contributed by atoms with Crippen LogP contribution in [0.5, 0.6) is 0 Å². The van der Waals surface area contributed by atoms with E-state index in [-0.39, 0.29) is 30.1 Å². The van der Waals surface area contributed by atoms with Crippen LogP contribution in [0, 0.1) is 0 Å². The van der Waals surface area contributed by atoms with Gasteiger partial charge in [0.05, 0.1) is 0 Å². The molecule has 0 aromatic rings. The Morgan fingerprint density at radius 1 is 1.25 bits per heavy atom. The van der Waals surface area contributed by atoms with Crippen LogP contribution in [-0.2, 0) is 9.53 Å². The van der Waals surface area contributed by atoms with Gasteiger partial charge in [-0.2, -0.15) is 0 Å². The second-order valence-corrected chi connectivity index (χ2v) is 6.02. The van der Waals surface area contributed by atoms with Gasteiger partial charge in [0, 0.05) is 11.1 Å². The van der Waals surface area contributed by atoms with E-state index in [2.05, 4.69) is 32.7 Å². The van der Waals surface area contributed by atoms with E-state index >= 15 is 0 Å². The molecule has 1 unspecified atom stereocenters. The second kappa shape index (κ2) is 11.2. The highest BCUT2D eigenvalue weighted by atomic mass is 35.5. The van der Waals surface area contributed by atoms with E-state index in [1.54, 1.807) is 6.92 Å². The van der Waals surface area contributed by atoms with E-state index in [1.807, 2.05) is 6.92 Å². The molecular formula is C16H32ClNO2. The second-order valence-electron chi connectivity index (χ2n) is 6.02. The molecule has 0 amide bonds. The van der Waals surface area contributed by atoms with Gasteiger partial charge in [-0.3, -0.25) is 5.32 Å². The van der Waals surface area contributed by atoms with Crippen molar-refractivity contribution in [2.75, 3.05) is 0 Å². The van der Waals surface area contributed by atoms with Crippen LogP contribution in [0.2, 0.25) is 0 Å². The van der Waals surface area contributed by atoms with Gasteiger partial charge in [-0.1, -0.05) is 45.6 Å². The highest BCUT2D eigenvalue weighted by Gasteiger charge is 2.21. The number of hydrogen-bond donors (Lipinski definition) is 1. The highest BCUT2D eigenvalue weighted by molar-refractivity contribution is 5.87. The zero-order valence-corrected chi connectivity index (χ0v) is 14.6. The molecule has 4 heteroatoms. The van der Waals surface area contributed by atoms with Crippen LogP contribution in [0.25, 0.3) is 0 Å².